The van der Waals surface area contributed by atoms with E-state index in [1.807, 2.05) is 4.68 Å². The van der Waals surface area contributed by atoms with Gasteiger partial charge in [0.2, 0.25) is 5.16 Å². The van der Waals surface area contributed by atoms with E-state index in [4.69, 9.17) is 0 Å². The Labute approximate surface area is 91.4 Å². The molecule has 0 saturated heterocycles. The van der Waals surface area contributed by atoms with Gasteiger partial charge in [-0.1, -0.05) is 11.8 Å². The molecule has 2 rings (SSSR count). The molecule has 0 aliphatic heterocycles. The maximum Gasteiger partial charge on any atom is 0.306 e. The minimum Gasteiger partial charge on any atom is -0.469 e. The molecule has 0 bridgehead atoms. The van der Waals surface area contributed by atoms with E-state index in [2.05, 4.69) is 20.3 Å². The number of ether oxygens (including phenoxy) is 1. The summed E-state index contributed by atoms with van der Waals surface area (Å²) in [7, 11) is 1.39. The number of aromatic nitrogens is 4. The fourth-order valence-electron chi connectivity index (χ4n) is 1.16. The Kier molecular flexibility index (Phi) is 3.20. The van der Waals surface area contributed by atoms with E-state index in [-0.39, 0.29) is 5.97 Å². The molecule has 1 aliphatic rings. The summed E-state index contributed by atoms with van der Waals surface area (Å²) in [4.78, 5) is 10.9. The van der Waals surface area contributed by atoms with Gasteiger partial charge in [0.1, 0.15) is 0 Å². The average Bonchev–Trinajstić information content (AvgIpc) is 2.99. The number of tetrazole rings is 1. The minimum absolute atomic E-state index is 0.201. The van der Waals surface area contributed by atoms with Crippen LogP contribution in [-0.2, 0) is 9.53 Å². The largest absolute Gasteiger partial charge is 0.469 e. The first-order valence-corrected chi connectivity index (χ1v) is 5.77. The third-order valence-corrected chi connectivity index (χ3v) is 3.06. The maximum atomic E-state index is 10.9. The Morgan fingerprint density at radius 3 is 3.13 bits per heavy atom. The average molecular weight is 228 g/mol. The molecule has 6 nitrogen and oxygen atoms in total. The highest BCUT2D eigenvalue weighted by Crippen LogP contribution is 2.36. The Balaban J connectivity index is 1.82. The normalized spacial score (nSPS) is 15.3. The number of esters is 1. The highest BCUT2D eigenvalue weighted by Gasteiger charge is 2.27. The number of nitrogens with zero attached hydrogens (tertiary/aromatic N) is 4. The molecule has 82 valence electrons. The van der Waals surface area contributed by atoms with Gasteiger partial charge in [-0.25, -0.2) is 4.68 Å². The SMILES string of the molecule is COC(=O)CCSc1nnnn1C1CC1. The Morgan fingerprint density at radius 2 is 2.47 bits per heavy atom. The molecule has 0 unspecified atom stereocenters. The van der Waals surface area contributed by atoms with Crippen molar-refractivity contribution in [2.24, 2.45) is 0 Å². The number of hydrogen-bond acceptors (Lipinski definition) is 6. The lowest BCUT2D eigenvalue weighted by Gasteiger charge is -2.01. The molecule has 1 aromatic rings. The van der Waals surface area contributed by atoms with Crippen LogP contribution in [0.5, 0.6) is 0 Å². The van der Waals surface area contributed by atoms with Crippen molar-refractivity contribution >= 4 is 17.7 Å². The first-order valence-electron chi connectivity index (χ1n) is 4.78. The number of hydrogen-bond donors (Lipinski definition) is 0. The van der Waals surface area contributed by atoms with Crippen LogP contribution in [0.2, 0.25) is 0 Å². The molecule has 0 N–H and O–H groups in total. The summed E-state index contributed by atoms with van der Waals surface area (Å²) in [6.45, 7) is 0. The quantitative estimate of drug-likeness (QED) is 0.544. The zero-order chi connectivity index (χ0) is 10.7. The van der Waals surface area contributed by atoms with Gasteiger partial charge in [0.25, 0.3) is 0 Å². The van der Waals surface area contributed by atoms with Gasteiger partial charge in [0.05, 0.1) is 19.6 Å². The van der Waals surface area contributed by atoms with Crippen molar-refractivity contribution in [3.63, 3.8) is 0 Å². The van der Waals surface area contributed by atoms with Crippen molar-refractivity contribution in [3.8, 4) is 0 Å². The first kappa shape index (κ1) is 10.4. The van der Waals surface area contributed by atoms with Crippen LogP contribution in [0.25, 0.3) is 0 Å². The molecule has 1 heterocycles. The third kappa shape index (κ3) is 2.68. The number of rotatable bonds is 5. The van der Waals surface area contributed by atoms with Gasteiger partial charge < -0.3 is 4.74 Å². The van der Waals surface area contributed by atoms with Crippen molar-refractivity contribution in [2.45, 2.75) is 30.5 Å². The molecule has 0 aromatic carbocycles. The first-order chi connectivity index (χ1) is 7.31. The lowest BCUT2D eigenvalue weighted by molar-refractivity contribution is -0.140. The highest BCUT2D eigenvalue weighted by molar-refractivity contribution is 7.99. The summed E-state index contributed by atoms with van der Waals surface area (Å²) < 4.78 is 6.38. The fraction of sp³-hybridized carbons (Fsp3) is 0.750. The van der Waals surface area contributed by atoms with E-state index in [1.54, 1.807) is 0 Å². The topological polar surface area (TPSA) is 69.9 Å². The Hall–Kier alpha value is -1.11. The van der Waals surface area contributed by atoms with Crippen LogP contribution in [-0.4, -0.2) is 39.0 Å². The smallest absolute Gasteiger partial charge is 0.306 e. The van der Waals surface area contributed by atoms with Gasteiger partial charge in [-0.3, -0.25) is 4.79 Å². The van der Waals surface area contributed by atoms with Gasteiger partial charge in [0, 0.05) is 5.75 Å². The number of thioether (sulfide) groups is 1. The van der Waals surface area contributed by atoms with Gasteiger partial charge in [-0.05, 0) is 23.3 Å². The molecule has 1 fully saturated rings. The zero-order valence-corrected chi connectivity index (χ0v) is 9.24. The van der Waals surface area contributed by atoms with E-state index in [0.717, 1.165) is 18.0 Å². The van der Waals surface area contributed by atoms with Crippen LogP contribution in [0, 0.1) is 0 Å². The lowest BCUT2D eigenvalue weighted by Crippen LogP contribution is -2.03. The zero-order valence-electron chi connectivity index (χ0n) is 8.42. The fourth-order valence-corrected chi connectivity index (χ4v) is 2.02. The summed E-state index contributed by atoms with van der Waals surface area (Å²) in [5.41, 5.74) is 0. The maximum absolute atomic E-state index is 10.9. The van der Waals surface area contributed by atoms with Crippen LogP contribution in [0.3, 0.4) is 0 Å². The Bertz CT molecular complexity index is 350. The van der Waals surface area contributed by atoms with Crippen LogP contribution in [0.4, 0.5) is 0 Å². The van der Waals surface area contributed by atoms with Crippen molar-refractivity contribution in [1.82, 2.24) is 20.2 Å². The van der Waals surface area contributed by atoms with Crippen molar-refractivity contribution in [2.75, 3.05) is 12.9 Å². The molecule has 1 aliphatic carbocycles. The minimum atomic E-state index is -0.201. The molecule has 0 atom stereocenters. The van der Waals surface area contributed by atoms with E-state index in [0.29, 0.717) is 18.2 Å². The summed E-state index contributed by atoms with van der Waals surface area (Å²) in [5, 5.41) is 12.2. The van der Waals surface area contributed by atoms with Gasteiger partial charge in [0.15, 0.2) is 0 Å². The molecule has 15 heavy (non-hydrogen) atoms. The van der Waals surface area contributed by atoms with Crippen LogP contribution >= 0.6 is 11.8 Å². The van der Waals surface area contributed by atoms with Crippen molar-refractivity contribution in [3.05, 3.63) is 0 Å². The number of methoxy groups -OCH3 is 1. The van der Waals surface area contributed by atoms with Gasteiger partial charge >= 0.3 is 5.97 Å². The highest BCUT2D eigenvalue weighted by atomic mass is 32.2. The van der Waals surface area contributed by atoms with E-state index < -0.39 is 0 Å². The monoisotopic (exact) mass is 228 g/mol. The van der Waals surface area contributed by atoms with Gasteiger partial charge in [-0.2, -0.15) is 0 Å². The predicted molar refractivity (Wildman–Crippen MR) is 53.4 cm³/mol. The second-order valence-electron chi connectivity index (χ2n) is 3.31. The van der Waals surface area contributed by atoms with Crippen LogP contribution in [0.15, 0.2) is 5.16 Å². The summed E-state index contributed by atoms with van der Waals surface area (Å²) in [6, 6.07) is 0.473. The van der Waals surface area contributed by atoms with E-state index in [1.165, 1.54) is 18.9 Å². The van der Waals surface area contributed by atoms with Gasteiger partial charge in [-0.15, -0.1) is 5.10 Å². The molecular weight excluding hydrogens is 216 g/mol. The second kappa shape index (κ2) is 4.61. The number of carbonyl (C=O) groups excluding carboxylic acids is 1. The summed E-state index contributed by atoms with van der Waals surface area (Å²) >= 11 is 1.49. The molecule has 0 radical (unpaired) electrons. The predicted octanol–water partition coefficient (Wildman–Crippen LogP) is 0.663. The lowest BCUT2D eigenvalue weighted by atomic mass is 10.5. The molecule has 0 amide bonds. The van der Waals surface area contributed by atoms with E-state index in [9.17, 15) is 4.79 Å². The summed E-state index contributed by atoms with van der Waals surface area (Å²) in [5.74, 6) is 0.452. The van der Waals surface area contributed by atoms with E-state index >= 15 is 0 Å². The summed E-state index contributed by atoms with van der Waals surface area (Å²) in [6.07, 6.45) is 2.68. The molecule has 7 heteroatoms. The van der Waals surface area contributed by atoms with Crippen LogP contribution in [0.1, 0.15) is 25.3 Å². The number of carbonyl (C=O) groups is 1. The standard InChI is InChI=1S/C8H12N4O2S/c1-14-7(13)4-5-15-8-9-10-11-12(8)6-2-3-6/h6H,2-5H2,1H3. The van der Waals surface area contributed by atoms with Crippen molar-refractivity contribution < 1.29 is 9.53 Å². The van der Waals surface area contributed by atoms with Crippen molar-refractivity contribution in [1.29, 1.82) is 0 Å². The second-order valence-corrected chi connectivity index (χ2v) is 4.37. The van der Waals surface area contributed by atoms with Crippen LogP contribution < -0.4 is 0 Å². The molecule has 1 aromatic heterocycles. The molecule has 1 saturated carbocycles. The third-order valence-electron chi connectivity index (χ3n) is 2.12. The molecular formula is C8H12N4O2S. The molecule has 0 spiro atoms. The Morgan fingerprint density at radius 1 is 1.67 bits per heavy atom.